The first-order valence-electron chi connectivity index (χ1n) is 5.08. The Morgan fingerprint density at radius 2 is 2.00 bits per heavy atom. The van der Waals surface area contributed by atoms with Crippen LogP contribution in [0.3, 0.4) is 0 Å². The zero-order chi connectivity index (χ0) is 12.6. The molecule has 2 rings (SSSR count). The number of benzene rings is 1. The van der Waals surface area contributed by atoms with Gasteiger partial charge in [-0.15, -0.1) is 0 Å². The highest BCUT2D eigenvalue weighted by molar-refractivity contribution is 14.1. The average Bonchev–Trinajstić information content (AvgIpc) is 2.59. The fraction of sp³-hybridized carbons (Fsp3) is 0.364. The van der Waals surface area contributed by atoms with Gasteiger partial charge in [0.2, 0.25) is 5.91 Å². The smallest absolute Gasteiger partial charge is 0.227 e. The van der Waals surface area contributed by atoms with Gasteiger partial charge in [-0.1, -0.05) is 0 Å². The first kappa shape index (κ1) is 12.7. The molecule has 92 valence electrons. The molecule has 0 saturated carbocycles. The molecular formula is C11H10F2INO2. The van der Waals surface area contributed by atoms with Gasteiger partial charge in [-0.25, -0.2) is 8.78 Å². The van der Waals surface area contributed by atoms with E-state index in [9.17, 15) is 13.6 Å². The van der Waals surface area contributed by atoms with E-state index in [2.05, 4.69) is 0 Å². The van der Waals surface area contributed by atoms with Gasteiger partial charge in [0.05, 0.1) is 0 Å². The Balaban J connectivity index is 2.38. The molecule has 0 spiro atoms. The molecule has 1 aromatic rings. The second-order valence-corrected chi connectivity index (χ2v) is 5.22. The number of anilines is 1. The summed E-state index contributed by atoms with van der Waals surface area (Å²) < 4.78 is 27.8. The van der Waals surface area contributed by atoms with Gasteiger partial charge in [-0.3, -0.25) is 4.79 Å². The number of carbonyl (C=O) groups is 1. The maximum Gasteiger partial charge on any atom is 0.227 e. The number of hydrogen-bond acceptors (Lipinski definition) is 2. The first-order valence-corrected chi connectivity index (χ1v) is 6.16. The summed E-state index contributed by atoms with van der Waals surface area (Å²) in [7, 11) is 0. The van der Waals surface area contributed by atoms with E-state index in [1.807, 2.05) is 0 Å². The van der Waals surface area contributed by atoms with Crippen LogP contribution in [0.25, 0.3) is 0 Å². The lowest BCUT2D eigenvalue weighted by Gasteiger charge is -2.18. The third-order valence-electron chi connectivity index (χ3n) is 2.71. The van der Waals surface area contributed by atoms with E-state index in [1.54, 1.807) is 22.6 Å². The van der Waals surface area contributed by atoms with Gasteiger partial charge in [0.1, 0.15) is 5.69 Å². The Morgan fingerprint density at radius 3 is 2.47 bits per heavy atom. The second kappa shape index (κ2) is 4.85. The zero-order valence-electron chi connectivity index (χ0n) is 8.79. The van der Waals surface area contributed by atoms with E-state index in [4.69, 9.17) is 5.11 Å². The number of carbonyl (C=O) groups excluding carboxylic acids is 1. The molecule has 1 aliphatic rings. The molecule has 1 heterocycles. The summed E-state index contributed by atoms with van der Waals surface area (Å²) in [6.07, 6.45) is 0.126. The lowest BCUT2D eigenvalue weighted by Crippen LogP contribution is -2.27. The maximum atomic E-state index is 13.7. The Morgan fingerprint density at radius 1 is 1.41 bits per heavy atom. The van der Waals surface area contributed by atoms with Crippen LogP contribution in [0.2, 0.25) is 0 Å². The van der Waals surface area contributed by atoms with Crippen LogP contribution in [-0.4, -0.2) is 24.2 Å². The van der Waals surface area contributed by atoms with E-state index < -0.39 is 11.6 Å². The van der Waals surface area contributed by atoms with Crippen LogP contribution >= 0.6 is 22.6 Å². The summed E-state index contributed by atoms with van der Waals surface area (Å²) in [5.41, 5.74) is -0.314. The molecule has 1 unspecified atom stereocenters. The highest BCUT2D eigenvalue weighted by Crippen LogP contribution is 2.30. The van der Waals surface area contributed by atoms with E-state index in [-0.39, 0.29) is 37.1 Å². The van der Waals surface area contributed by atoms with Gasteiger partial charge >= 0.3 is 0 Å². The lowest BCUT2D eigenvalue weighted by molar-refractivity contribution is -0.117. The maximum absolute atomic E-state index is 13.7. The van der Waals surface area contributed by atoms with Crippen LogP contribution in [0.15, 0.2) is 12.1 Å². The quantitative estimate of drug-likeness (QED) is 0.826. The highest BCUT2D eigenvalue weighted by atomic mass is 127. The van der Waals surface area contributed by atoms with Crippen molar-refractivity contribution in [2.45, 2.75) is 6.42 Å². The summed E-state index contributed by atoms with van der Waals surface area (Å²) in [6, 6.07) is 2.36. The Kier molecular flexibility index (Phi) is 3.62. The van der Waals surface area contributed by atoms with Crippen molar-refractivity contribution in [2.75, 3.05) is 18.1 Å². The molecule has 1 atom stereocenters. The summed E-state index contributed by atoms with van der Waals surface area (Å²) in [4.78, 5) is 12.7. The molecule has 1 aliphatic heterocycles. The Bertz CT molecular complexity index is 444. The van der Waals surface area contributed by atoms with Crippen LogP contribution in [0.1, 0.15) is 6.42 Å². The molecule has 1 N–H and O–H groups in total. The minimum atomic E-state index is -0.749. The molecule has 0 aliphatic carbocycles. The molecule has 1 aromatic carbocycles. The van der Waals surface area contributed by atoms with Crippen LogP contribution in [0.4, 0.5) is 14.5 Å². The van der Waals surface area contributed by atoms with Crippen molar-refractivity contribution in [3.05, 3.63) is 27.3 Å². The Hall–Kier alpha value is -0.760. The number of nitrogens with zero attached hydrogens (tertiary/aromatic N) is 1. The van der Waals surface area contributed by atoms with Gasteiger partial charge in [0, 0.05) is 29.1 Å². The lowest BCUT2D eigenvalue weighted by atomic mass is 10.1. The molecule has 1 saturated heterocycles. The zero-order valence-corrected chi connectivity index (χ0v) is 10.9. The predicted octanol–water partition coefficient (Wildman–Crippen LogP) is 1.91. The van der Waals surface area contributed by atoms with Crippen LogP contribution in [-0.2, 0) is 4.79 Å². The van der Waals surface area contributed by atoms with E-state index in [0.717, 1.165) is 4.90 Å². The SMILES string of the molecule is O=C1CC(CO)CN1c1c(F)cc(I)cc1F. The largest absolute Gasteiger partial charge is 0.396 e. The summed E-state index contributed by atoms with van der Waals surface area (Å²) in [5, 5.41) is 8.96. The minimum absolute atomic E-state index is 0.126. The van der Waals surface area contributed by atoms with Crippen molar-refractivity contribution in [1.82, 2.24) is 0 Å². The normalized spacial score (nSPS) is 20.1. The molecular weight excluding hydrogens is 343 g/mol. The van der Waals surface area contributed by atoms with Gasteiger partial charge in [0.15, 0.2) is 11.6 Å². The second-order valence-electron chi connectivity index (χ2n) is 3.98. The standard InChI is InChI=1S/C11H10F2INO2/c12-8-2-7(14)3-9(13)11(8)15-4-6(5-16)1-10(15)17/h2-3,6,16H,1,4-5H2. The van der Waals surface area contributed by atoms with E-state index in [1.165, 1.54) is 12.1 Å². The highest BCUT2D eigenvalue weighted by Gasteiger charge is 2.33. The third-order valence-corrected chi connectivity index (χ3v) is 3.34. The van der Waals surface area contributed by atoms with Gasteiger partial charge in [0.25, 0.3) is 0 Å². The van der Waals surface area contributed by atoms with Gasteiger partial charge in [-0.05, 0) is 34.7 Å². The van der Waals surface area contributed by atoms with Crippen molar-refractivity contribution in [3.63, 3.8) is 0 Å². The number of aliphatic hydroxyl groups is 1. The fourth-order valence-corrected chi connectivity index (χ4v) is 2.46. The summed E-state index contributed by atoms with van der Waals surface area (Å²) in [6.45, 7) is -0.000385. The number of amides is 1. The topological polar surface area (TPSA) is 40.5 Å². The minimum Gasteiger partial charge on any atom is -0.396 e. The van der Waals surface area contributed by atoms with E-state index >= 15 is 0 Å². The molecule has 17 heavy (non-hydrogen) atoms. The number of rotatable bonds is 2. The third kappa shape index (κ3) is 2.42. The van der Waals surface area contributed by atoms with Crippen molar-refractivity contribution >= 4 is 34.2 Å². The fourth-order valence-electron chi connectivity index (χ4n) is 1.91. The van der Waals surface area contributed by atoms with Gasteiger partial charge in [-0.2, -0.15) is 0 Å². The molecule has 1 amide bonds. The van der Waals surface area contributed by atoms with Crippen molar-refractivity contribution < 1.29 is 18.7 Å². The van der Waals surface area contributed by atoms with E-state index in [0.29, 0.717) is 3.57 Å². The molecule has 1 fully saturated rings. The Labute approximate surface area is 111 Å². The number of halogens is 3. The van der Waals surface area contributed by atoms with Crippen LogP contribution in [0, 0.1) is 21.1 Å². The van der Waals surface area contributed by atoms with Gasteiger partial charge < -0.3 is 10.0 Å². The summed E-state index contributed by atoms with van der Waals surface area (Å²) in [5.74, 6) is -2.11. The number of hydrogen-bond donors (Lipinski definition) is 1. The molecule has 0 bridgehead atoms. The van der Waals surface area contributed by atoms with Crippen molar-refractivity contribution in [3.8, 4) is 0 Å². The average molecular weight is 353 g/mol. The molecule has 3 nitrogen and oxygen atoms in total. The molecule has 0 radical (unpaired) electrons. The predicted molar refractivity (Wildman–Crippen MR) is 66.6 cm³/mol. The molecule has 6 heteroatoms. The monoisotopic (exact) mass is 353 g/mol. The van der Waals surface area contributed by atoms with Crippen LogP contribution < -0.4 is 4.90 Å². The first-order chi connectivity index (χ1) is 8.02. The van der Waals surface area contributed by atoms with Crippen molar-refractivity contribution in [1.29, 1.82) is 0 Å². The number of aliphatic hydroxyl groups excluding tert-OH is 1. The van der Waals surface area contributed by atoms with Crippen molar-refractivity contribution in [2.24, 2.45) is 5.92 Å². The summed E-state index contributed by atoms with van der Waals surface area (Å²) >= 11 is 1.80. The van der Waals surface area contributed by atoms with Crippen LogP contribution in [0.5, 0.6) is 0 Å². The molecule has 0 aromatic heterocycles.